The van der Waals surface area contributed by atoms with E-state index in [4.69, 9.17) is 0 Å². The SMILES string of the molecule is Fc1cccc(CN2CCCCC2CCBr)c1Br. The van der Waals surface area contributed by atoms with Crippen LogP contribution in [0.2, 0.25) is 0 Å². The highest BCUT2D eigenvalue weighted by atomic mass is 79.9. The summed E-state index contributed by atoms with van der Waals surface area (Å²) in [5, 5.41) is 1.04. The fraction of sp³-hybridized carbons (Fsp3) is 0.571. The number of piperidine rings is 1. The molecule has 0 aliphatic carbocycles. The molecule has 1 saturated heterocycles. The van der Waals surface area contributed by atoms with Gasteiger partial charge in [-0.1, -0.05) is 34.5 Å². The summed E-state index contributed by atoms with van der Waals surface area (Å²) in [6.45, 7) is 1.97. The highest BCUT2D eigenvalue weighted by molar-refractivity contribution is 9.10. The summed E-state index contributed by atoms with van der Waals surface area (Å²) in [5.74, 6) is -0.165. The van der Waals surface area contributed by atoms with E-state index in [1.54, 1.807) is 6.07 Å². The lowest BCUT2D eigenvalue weighted by atomic mass is 9.99. The fourth-order valence-electron chi connectivity index (χ4n) is 2.61. The van der Waals surface area contributed by atoms with Crippen LogP contribution >= 0.6 is 31.9 Å². The number of benzene rings is 1. The zero-order chi connectivity index (χ0) is 13.0. The third-order valence-electron chi connectivity index (χ3n) is 3.60. The molecule has 0 N–H and O–H groups in total. The van der Waals surface area contributed by atoms with Gasteiger partial charge >= 0.3 is 0 Å². The van der Waals surface area contributed by atoms with Gasteiger partial charge in [-0.15, -0.1) is 0 Å². The molecule has 2 rings (SSSR count). The number of hydrogen-bond acceptors (Lipinski definition) is 1. The summed E-state index contributed by atoms with van der Waals surface area (Å²) in [4.78, 5) is 2.49. The van der Waals surface area contributed by atoms with Crippen LogP contribution in [0.15, 0.2) is 22.7 Å². The molecule has 1 aliphatic rings. The minimum Gasteiger partial charge on any atom is -0.296 e. The van der Waals surface area contributed by atoms with Crippen LogP contribution in [0, 0.1) is 5.82 Å². The second-order valence-electron chi connectivity index (χ2n) is 4.81. The molecule has 1 aromatic rings. The second-order valence-corrected chi connectivity index (χ2v) is 6.40. The molecule has 0 aromatic heterocycles. The number of halogens is 3. The molecular weight excluding hydrogens is 361 g/mol. The van der Waals surface area contributed by atoms with Crippen molar-refractivity contribution in [2.75, 3.05) is 11.9 Å². The minimum absolute atomic E-state index is 0.165. The first-order valence-electron chi connectivity index (χ1n) is 6.45. The lowest BCUT2D eigenvalue weighted by molar-refractivity contribution is 0.137. The van der Waals surface area contributed by atoms with Crippen molar-refractivity contribution in [1.29, 1.82) is 0 Å². The van der Waals surface area contributed by atoms with Crippen molar-refractivity contribution in [3.63, 3.8) is 0 Å². The molecule has 0 amide bonds. The van der Waals surface area contributed by atoms with Gasteiger partial charge in [-0.05, 0) is 53.4 Å². The van der Waals surface area contributed by atoms with E-state index in [2.05, 4.69) is 36.8 Å². The Balaban J connectivity index is 2.08. The average Bonchev–Trinajstić information content (AvgIpc) is 2.37. The Labute approximate surface area is 125 Å². The van der Waals surface area contributed by atoms with Gasteiger partial charge in [-0.3, -0.25) is 4.90 Å². The van der Waals surface area contributed by atoms with Crippen LogP contribution in [0.1, 0.15) is 31.2 Å². The normalized spacial score (nSPS) is 21.2. The minimum atomic E-state index is -0.165. The lowest BCUT2D eigenvalue weighted by Gasteiger charge is -2.35. The smallest absolute Gasteiger partial charge is 0.137 e. The number of rotatable bonds is 4. The summed E-state index contributed by atoms with van der Waals surface area (Å²) < 4.78 is 14.1. The molecule has 1 heterocycles. The summed E-state index contributed by atoms with van der Waals surface area (Å²) in [7, 11) is 0. The maximum atomic E-state index is 13.5. The Morgan fingerprint density at radius 2 is 2.17 bits per heavy atom. The molecule has 1 unspecified atom stereocenters. The molecule has 0 spiro atoms. The topological polar surface area (TPSA) is 3.24 Å². The first-order chi connectivity index (χ1) is 8.72. The van der Waals surface area contributed by atoms with Crippen LogP contribution < -0.4 is 0 Å². The first kappa shape index (κ1) is 14.5. The molecule has 1 nitrogen and oxygen atoms in total. The number of alkyl halides is 1. The average molecular weight is 379 g/mol. The van der Waals surface area contributed by atoms with Gasteiger partial charge in [0.25, 0.3) is 0 Å². The van der Waals surface area contributed by atoms with Crippen molar-refractivity contribution in [2.24, 2.45) is 0 Å². The van der Waals surface area contributed by atoms with E-state index in [-0.39, 0.29) is 5.82 Å². The van der Waals surface area contributed by atoms with Gasteiger partial charge < -0.3 is 0 Å². The maximum Gasteiger partial charge on any atom is 0.137 e. The van der Waals surface area contributed by atoms with E-state index >= 15 is 0 Å². The Bertz CT molecular complexity index is 395. The van der Waals surface area contributed by atoms with Crippen LogP contribution in [0.4, 0.5) is 4.39 Å². The standard InChI is InChI=1S/C14H18Br2FN/c15-8-7-12-5-1-2-9-18(12)10-11-4-3-6-13(17)14(11)16/h3-4,6,12H,1-2,5,7-10H2. The third-order valence-corrected chi connectivity index (χ3v) is 4.94. The van der Waals surface area contributed by atoms with Gasteiger partial charge in [0.05, 0.1) is 4.47 Å². The van der Waals surface area contributed by atoms with Crippen LogP contribution in [0.3, 0.4) is 0 Å². The Kier molecular flexibility index (Phi) is 5.64. The number of nitrogens with zero attached hydrogens (tertiary/aromatic N) is 1. The van der Waals surface area contributed by atoms with Crippen LogP contribution in [-0.2, 0) is 6.54 Å². The summed E-state index contributed by atoms with van der Waals surface area (Å²) in [6.07, 6.45) is 5.01. The summed E-state index contributed by atoms with van der Waals surface area (Å²) in [6, 6.07) is 5.93. The van der Waals surface area contributed by atoms with E-state index in [0.717, 1.165) is 24.0 Å². The molecule has 1 atom stereocenters. The van der Waals surface area contributed by atoms with Crippen LogP contribution in [0.25, 0.3) is 0 Å². The molecule has 0 radical (unpaired) electrons. The molecule has 0 bridgehead atoms. The lowest BCUT2D eigenvalue weighted by Crippen LogP contribution is -2.39. The second kappa shape index (κ2) is 7.01. The van der Waals surface area contributed by atoms with Crippen molar-refractivity contribution in [2.45, 2.75) is 38.3 Å². The maximum absolute atomic E-state index is 13.5. The van der Waals surface area contributed by atoms with Gasteiger partial charge in [-0.25, -0.2) is 4.39 Å². The van der Waals surface area contributed by atoms with E-state index in [1.165, 1.54) is 31.7 Å². The van der Waals surface area contributed by atoms with Crippen molar-refractivity contribution >= 4 is 31.9 Å². The molecule has 4 heteroatoms. The van der Waals surface area contributed by atoms with E-state index in [9.17, 15) is 4.39 Å². The van der Waals surface area contributed by atoms with E-state index < -0.39 is 0 Å². The Morgan fingerprint density at radius 3 is 2.94 bits per heavy atom. The third kappa shape index (κ3) is 3.55. The molecule has 18 heavy (non-hydrogen) atoms. The van der Waals surface area contributed by atoms with Gasteiger partial charge in [0.1, 0.15) is 5.82 Å². The zero-order valence-corrected chi connectivity index (χ0v) is 13.5. The first-order valence-corrected chi connectivity index (χ1v) is 8.36. The van der Waals surface area contributed by atoms with Gasteiger partial charge in [0, 0.05) is 17.9 Å². The van der Waals surface area contributed by atoms with Gasteiger partial charge in [0.15, 0.2) is 0 Å². The molecule has 1 aliphatic heterocycles. The zero-order valence-electron chi connectivity index (χ0n) is 10.3. The van der Waals surface area contributed by atoms with Crippen molar-refractivity contribution in [1.82, 2.24) is 4.90 Å². The molecule has 1 fully saturated rings. The van der Waals surface area contributed by atoms with Crippen molar-refractivity contribution in [3.8, 4) is 0 Å². The number of hydrogen-bond donors (Lipinski definition) is 0. The number of likely N-dealkylation sites (tertiary alicyclic amines) is 1. The van der Waals surface area contributed by atoms with Gasteiger partial charge in [-0.2, -0.15) is 0 Å². The quantitative estimate of drug-likeness (QED) is 0.684. The van der Waals surface area contributed by atoms with Crippen molar-refractivity contribution in [3.05, 3.63) is 34.1 Å². The summed E-state index contributed by atoms with van der Waals surface area (Å²) >= 11 is 6.88. The molecular formula is C14H18Br2FN. The highest BCUT2D eigenvalue weighted by Crippen LogP contribution is 2.26. The Morgan fingerprint density at radius 1 is 1.33 bits per heavy atom. The Hall–Kier alpha value is 0.0700. The van der Waals surface area contributed by atoms with Crippen LogP contribution in [-0.4, -0.2) is 22.8 Å². The van der Waals surface area contributed by atoms with Gasteiger partial charge in [0.2, 0.25) is 0 Å². The largest absolute Gasteiger partial charge is 0.296 e. The predicted molar refractivity (Wildman–Crippen MR) is 80.6 cm³/mol. The highest BCUT2D eigenvalue weighted by Gasteiger charge is 2.22. The van der Waals surface area contributed by atoms with E-state index in [0.29, 0.717) is 10.5 Å². The summed E-state index contributed by atoms with van der Waals surface area (Å²) in [5.41, 5.74) is 1.05. The predicted octanol–water partition coefficient (Wildman–Crippen LogP) is 4.73. The molecule has 0 saturated carbocycles. The fourth-order valence-corrected chi connectivity index (χ4v) is 3.53. The van der Waals surface area contributed by atoms with Crippen molar-refractivity contribution < 1.29 is 4.39 Å². The molecule has 100 valence electrons. The van der Waals surface area contributed by atoms with Crippen LogP contribution in [0.5, 0.6) is 0 Å². The van der Waals surface area contributed by atoms with E-state index in [1.807, 2.05) is 6.07 Å². The monoisotopic (exact) mass is 377 g/mol. The molecule has 1 aromatic carbocycles.